The van der Waals surface area contributed by atoms with Gasteiger partial charge in [-0.15, -0.1) is 0 Å². The standard InChI is InChI=1S/C16H23N3O3/c20-16(17-6-7-19-8-11-21-12-9-19)18-14-5-10-22-15-4-2-1-3-13(14)15/h1-4,14H,5-12H2,(H2,17,18,20)/t14-/m0/s1. The van der Waals surface area contributed by atoms with E-state index in [2.05, 4.69) is 15.5 Å². The molecule has 1 aromatic rings. The van der Waals surface area contributed by atoms with E-state index in [1.807, 2.05) is 24.3 Å². The van der Waals surface area contributed by atoms with Crippen LogP contribution in [0, 0.1) is 0 Å². The Morgan fingerprint density at radius 3 is 2.91 bits per heavy atom. The molecule has 2 aliphatic rings. The number of fused-ring (bicyclic) bond motifs is 1. The van der Waals surface area contributed by atoms with Crippen molar-refractivity contribution in [2.45, 2.75) is 12.5 Å². The number of para-hydroxylation sites is 1. The molecule has 6 heteroatoms. The highest BCUT2D eigenvalue weighted by Crippen LogP contribution is 2.31. The maximum absolute atomic E-state index is 12.1. The molecule has 0 aromatic heterocycles. The fraction of sp³-hybridized carbons (Fsp3) is 0.562. The molecular formula is C16H23N3O3. The fourth-order valence-electron chi connectivity index (χ4n) is 2.85. The van der Waals surface area contributed by atoms with Gasteiger partial charge in [0.1, 0.15) is 5.75 Å². The third-order valence-corrected chi connectivity index (χ3v) is 4.08. The third-order valence-electron chi connectivity index (χ3n) is 4.08. The Kier molecular flexibility index (Phi) is 5.13. The predicted octanol–water partition coefficient (Wildman–Crippen LogP) is 1.14. The van der Waals surface area contributed by atoms with E-state index in [1.54, 1.807) is 0 Å². The van der Waals surface area contributed by atoms with Crippen LogP contribution in [0.5, 0.6) is 5.75 Å². The summed E-state index contributed by atoms with van der Waals surface area (Å²) in [5.41, 5.74) is 1.05. The van der Waals surface area contributed by atoms with Gasteiger partial charge < -0.3 is 20.1 Å². The molecule has 2 aliphatic heterocycles. The lowest BCUT2D eigenvalue weighted by molar-refractivity contribution is 0.0387. The minimum Gasteiger partial charge on any atom is -0.493 e. The first kappa shape index (κ1) is 15.1. The topological polar surface area (TPSA) is 62.8 Å². The summed E-state index contributed by atoms with van der Waals surface area (Å²) in [6, 6.07) is 7.78. The van der Waals surface area contributed by atoms with E-state index in [0.29, 0.717) is 13.2 Å². The highest BCUT2D eigenvalue weighted by atomic mass is 16.5. The van der Waals surface area contributed by atoms with Crippen molar-refractivity contribution < 1.29 is 14.3 Å². The van der Waals surface area contributed by atoms with E-state index in [9.17, 15) is 4.79 Å². The first-order valence-corrected chi connectivity index (χ1v) is 7.89. The first-order chi connectivity index (χ1) is 10.8. The summed E-state index contributed by atoms with van der Waals surface area (Å²) in [6.45, 7) is 5.59. The number of rotatable bonds is 4. The zero-order valence-corrected chi connectivity index (χ0v) is 12.7. The van der Waals surface area contributed by atoms with Crippen LogP contribution in [0.4, 0.5) is 4.79 Å². The Hall–Kier alpha value is -1.79. The summed E-state index contributed by atoms with van der Waals surface area (Å²) < 4.78 is 10.9. The largest absolute Gasteiger partial charge is 0.493 e. The lowest BCUT2D eigenvalue weighted by Gasteiger charge is -2.28. The third kappa shape index (κ3) is 3.90. The minimum atomic E-state index is -0.116. The Labute approximate surface area is 130 Å². The molecule has 2 heterocycles. The van der Waals surface area contributed by atoms with Gasteiger partial charge in [0.15, 0.2) is 0 Å². The molecule has 3 rings (SSSR count). The van der Waals surface area contributed by atoms with Gasteiger partial charge in [-0.3, -0.25) is 4.90 Å². The number of hydrogen-bond acceptors (Lipinski definition) is 4. The summed E-state index contributed by atoms with van der Waals surface area (Å²) in [5, 5.41) is 5.97. The second kappa shape index (κ2) is 7.47. The van der Waals surface area contributed by atoms with Crippen LogP contribution in [0.25, 0.3) is 0 Å². The van der Waals surface area contributed by atoms with Crippen molar-refractivity contribution in [3.63, 3.8) is 0 Å². The Morgan fingerprint density at radius 1 is 1.23 bits per heavy atom. The SMILES string of the molecule is O=C(NCCN1CCOCC1)N[C@H]1CCOc2ccccc21. The van der Waals surface area contributed by atoms with Gasteiger partial charge in [0.25, 0.3) is 0 Å². The number of hydrogen-bond donors (Lipinski definition) is 2. The van der Waals surface area contributed by atoms with Crippen LogP contribution < -0.4 is 15.4 Å². The molecule has 2 amide bonds. The minimum absolute atomic E-state index is 0.0216. The monoisotopic (exact) mass is 305 g/mol. The number of urea groups is 1. The maximum atomic E-state index is 12.1. The van der Waals surface area contributed by atoms with E-state index in [1.165, 1.54) is 0 Å². The van der Waals surface area contributed by atoms with Gasteiger partial charge in [0, 0.05) is 38.2 Å². The van der Waals surface area contributed by atoms with Crippen LogP contribution in [0.3, 0.4) is 0 Å². The molecule has 1 saturated heterocycles. The van der Waals surface area contributed by atoms with E-state index in [4.69, 9.17) is 9.47 Å². The highest BCUT2D eigenvalue weighted by molar-refractivity contribution is 5.74. The normalized spacial score (nSPS) is 21.5. The molecule has 1 atom stereocenters. The van der Waals surface area contributed by atoms with Gasteiger partial charge in [-0.25, -0.2) is 4.79 Å². The number of benzene rings is 1. The molecule has 2 N–H and O–H groups in total. The smallest absolute Gasteiger partial charge is 0.315 e. The molecule has 0 saturated carbocycles. The molecule has 0 unspecified atom stereocenters. The molecule has 1 fully saturated rings. The van der Waals surface area contributed by atoms with Gasteiger partial charge in [-0.1, -0.05) is 18.2 Å². The molecule has 0 aliphatic carbocycles. The Morgan fingerprint density at radius 2 is 2.05 bits per heavy atom. The zero-order chi connectivity index (χ0) is 15.2. The van der Waals surface area contributed by atoms with E-state index >= 15 is 0 Å². The van der Waals surface area contributed by atoms with Crippen LogP contribution in [0.15, 0.2) is 24.3 Å². The summed E-state index contributed by atoms with van der Waals surface area (Å²) in [5.74, 6) is 0.868. The van der Waals surface area contributed by atoms with E-state index < -0.39 is 0 Å². The summed E-state index contributed by atoms with van der Waals surface area (Å²) in [4.78, 5) is 14.4. The second-order valence-corrected chi connectivity index (χ2v) is 5.58. The Bertz CT molecular complexity index is 503. The van der Waals surface area contributed by atoms with Crippen molar-refractivity contribution in [2.24, 2.45) is 0 Å². The van der Waals surface area contributed by atoms with Crippen LogP contribution >= 0.6 is 0 Å². The lowest BCUT2D eigenvalue weighted by atomic mass is 10.0. The molecule has 0 bridgehead atoms. The van der Waals surface area contributed by atoms with Crippen molar-refractivity contribution >= 4 is 6.03 Å². The van der Waals surface area contributed by atoms with Crippen LogP contribution in [-0.2, 0) is 4.74 Å². The molecule has 120 valence electrons. The summed E-state index contributed by atoms with van der Waals surface area (Å²) >= 11 is 0. The molecule has 0 radical (unpaired) electrons. The van der Waals surface area contributed by atoms with Crippen LogP contribution in [0.2, 0.25) is 0 Å². The quantitative estimate of drug-likeness (QED) is 0.876. The van der Waals surface area contributed by atoms with Crippen molar-refractivity contribution in [3.8, 4) is 5.75 Å². The molecule has 6 nitrogen and oxygen atoms in total. The maximum Gasteiger partial charge on any atom is 0.315 e. The summed E-state index contributed by atoms with van der Waals surface area (Å²) in [6.07, 6.45) is 0.800. The average molecular weight is 305 g/mol. The van der Waals surface area contributed by atoms with E-state index in [0.717, 1.165) is 50.6 Å². The summed E-state index contributed by atoms with van der Waals surface area (Å²) in [7, 11) is 0. The molecule has 0 spiro atoms. The number of ether oxygens (including phenoxy) is 2. The van der Waals surface area contributed by atoms with Crippen molar-refractivity contribution in [3.05, 3.63) is 29.8 Å². The molecular weight excluding hydrogens is 282 g/mol. The van der Waals surface area contributed by atoms with Gasteiger partial charge in [0.2, 0.25) is 0 Å². The van der Waals surface area contributed by atoms with E-state index in [-0.39, 0.29) is 12.1 Å². The molecule has 22 heavy (non-hydrogen) atoms. The van der Waals surface area contributed by atoms with Gasteiger partial charge in [-0.2, -0.15) is 0 Å². The van der Waals surface area contributed by atoms with Crippen molar-refractivity contribution in [2.75, 3.05) is 46.0 Å². The Balaban J connectivity index is 1.44. The van der Waals surface area contributed by atoms with Crippen LogP contribution in [0.1, 0.15) is 18.0 Å². The second-order valence-electron chi connectivity index (χ2n) is 5.58. The lowest BCUT2D eigenvalue weighted by Crippen LogP contribution is -2.44. The average Bonchev–Trinajstić information content (AvgIpc) is 2.56. The number of nitrogens with one attached hydrogen (secondary N) is 2. The first-order valence-electron chi connectivity index (χ1n) is 7.89. The number of carbonyl (C=O) groups is 1. The van der Waals surface area contributed by atoms with Gasteiger partial charge >= 0.3 is 6.03 Å². The van der Waals surface area contributed by atoms with Crippen molar-refractivity contribution in [1.29, 1.82) is 0 Å². The van der Waals surface area contributed by atoms with Gasteiger partial charge in [-0.05, 0) is 6.07 Å². The number of morpholine rings is 1. The number of amides is 2. The number of nitrogens with zero attached hydrogens (tertiary/aromatic N) is 1. The number of carbonyl (C=O) groups excluding carboxylic acids is 1. The zero-order valence-electron chi connectivity index (χ0n) is 12.7. The molecule has 1 aromatic carbocycles. The predicted molar refractivity (Wildman–Crippen MR) is 83.1 cm³/mol. The van der Waals surface area contributed by atoms with Crippen LogP contribution in [-0.4, -0.2) is 56.9 Å². The fourth-order valence-corrected chi connectivity index (χ4v) is 2.85. The van der Waals surface area contributed by atoms with Gasteiger partial charge in [0.05, 0.1) is 25.9 Å². The highest BCUT2D eigenvalue weighted by Gasteiger charge is 2.22. The van der Waals surface area contributed by atoms with Crippen molar-refractivity contribution in [1.82, 2.24) is 15.5 Å².